The molecule has 19 heavy (non-hydrogen) atoms. The Morgan fingerprint density at radius 1 is 1.11 bits per heavy atom. The molecule has 2 aromatic rings. The molecule has 1 aromatic carbocycles. The number of fused-ring (bicyclic) bond motifs is 1. The van der Waals surface area contributed by atoms with Crippen LogP contribution in [-0.2, 0) is 0 Å². The minimum atomic E-state index is 0.716. The van der Waals surface area contributed by atoms with Crippen LogP contribution in [0.25, 0.3) is 17.0 Å². The van der Waals surface area contributed by atoms with Gasteiger partial charge < -0.3 is 0 Å². The van der Waals surface area contributed by atoms with E-state index in [1.165, 1.54) is 5.57 Å². The van der Waals surface area contributed by atoms with E-state index < -0.39 is 0 Å². The number of halogens is 1. The molecule has 1 nitrogen and oxygen atoms in total. The molecule has 1 aromatic heterocycles. The van der Waals surface area contributed by atoms with E-state index in [1.807, 2.05) is 30.3 Å². The highest BCUT2D eigenvalue weighted by Gasteiger charge is 1.98. The summed E-state index contributed by atoms with van der Waals surface area (Å²) in [6.07, 6.45) is 13.6. The van der Waals surface area contributed by atoms with Crippen molar-refractivity contribution < 1.29 is 0 Å². The minimum absolute atomic E-state index is 0.716. The van der Waals surface area contributed by atoms with E-state index in [9.17, 15) is 0 Å². The number of nitrogens with zero attached hydrogens (tertiary/aromatic N) is 1. The van der Waals surface area contributed by atoms with Gasteiger partial charge in [0.05, 0.1) is 11.2 Å². The van der Waals surface area contributed by atoms with Crippen LogP contribution in [0, 0.1) is 6.42 Å². The second kappa shape index (κ2) is 5.41. The molecule has 1 aliphatic carbocycles. The molecule has 3 rings (SSSR count). The molecular weight excluding hydrogens is 254 g/mol. The summed E-state index contributed by atoms with van der Waals surface area (Å²) in [7, 11) is 0. The molecule has 0 atom stereocenters. The lowest BCUT2D eigenvalue weighted by atomic mass is 10.1. The highest BCUT2D eigenvalue weighted by Crippen LogP contribution is 2.19. The molecule has 0 unspecified atom stereocenters. The largest absolute Gasteiger partial charge is 0.248 e. The Balaban J connectivity index is 1.90. The lowest BCUT2D eigenvalue weighted by molar-refractivity contribution is 1.25. The zero-order valence-electron chi connectivity index (χ0n) is 10.4. The molecule has 2 heteroatoms. The van der Waals surface area contributed by atoms with Crippen molar-refractivity contribution in [3.63, 3.8) is 0 Å². The van der Waals surface area contributed by atoms with Crippen molar-refractivity contribution in [1.29, 1.82) is 0 Å². The van der Waals surface area contributed by atoms with Gasteiger partial charge in [0.2, 0.25) is 0 Å². The molecule has 1 heterocycles. The maximum atomic E-state index is 5.99. The number of rotatable bonds is 2. The Morgan fingerprint density at radius 3 is 2.84 bits per heavy atom. The zero-order valence-corrected chi connectivity index (χ0v) is 11.1. The molecule has 0 saturated heterocycles. The van der Waals surface area contributed by atoms with Crippen LogP contribution in [0.15, 0.2) is 60.2 Å². The Labute approximate surface area is 117 Å². The summed E-state index contributed by atoms with van der Waals surface area (Å²) in [6.45, 7) is 0. The van der Waals surface area contributed by atoms with Crippen molar-refractivity contribution in [2.45, 2.75) is 6.42 Å². The van der Waals surface area contributed by atoms with Gasteiger partial charge in [0.15, 0.2) is 0 Å². The number of aromatic nitrogens is 1. The Morgan fingerprint density at radius 2 is 2.00 bits per heavy atom. The number of pyridine rings is 1. The van der Waals surface area contributed by atoms with Crippen LogP contribution < -0.4 is 0 Å². The van der Waals surface area contributed by atoms with Gasteiger partial charge in [-0.2, -0.15) is 0 Å². The van der Waals surface area contributed by atoms with E-state index in [1.54, 1.807) is 0 Å². The lowest BCUT2D eigenvalue weighted by Gasteiger charge is -2.02. The molecule has 1 aliphatic rings. The molecular formula is C17H13ClN. The molecule has 0 bridgehead atoms. The first kappa shape index (κ1) is 12.2. The summed E-state index contributed by atoms with van der Waals surface area (Å²) in [6, 6.07) is 9.84. The average molecular weight is 267 g/mol. The smallest absolute Gasteiger partial charge is 0.0724 e. The van der Waals surface area contributed by atoms with Gasteiger partial charge in [0.25, 0.3) is 0 Å². The quantitative estimate of drug-likeness (QED) is 0.746. The second-order valence-corrected chi connectivity index (χ2v) is 4.88. The third-order valence-corrected chi connectivity index (χ3v) is 3.25. The van der Waals surface area contributed by atoms with E-state index in [0.29, 0.717) is 5.02 Å². The maximum absolute atomic E-state index is 5.99. The van der Waals surface area contributed by atoms with Crippen LogP contribution in [0.2, 0.25) is 5.02 Å². The van der Waals surface area contributed by atoms with E-state index >= 15 is 0 Å². The Bertz CT molecular complexity index is 695. The monoisotopic (exact) mass is 266 g/mol. The van der Waals surface area contributed by atoms with Gasteiger partial charge in [-0.25, -0.2) is 4.98 Å². The molecule has 0 N–H and O–H groups in total. The van der Waals surface area contributed by atoms with E-state index in [0.717, 1.165) is 23.0 Å². The van der Waals surface area contributed by atoms with Gasteiger partial charge in [-0.05, 0) is 42.7 Å². The van der Waals surface area contributed by atoms with Crippen LogP contribution in [0.5, 0.6) is 0 Å². The van der Waals surface area contributed by atoms with Crippen LogP contribution in [0.3, 0.4) is 0 Å². The van der Waals surface area contributed by atoms with Crippen molar-refractivity contribution in [3.05, 3.63) is 77.3 Å². The van der Waals surface area contributed by atoms with Gasteiger partial charge in [-0.3, -0.25) is 0 Å². The minimum Gasteiger partial charge on any atom is -0.248 e. The summed E-state index contributed by atoms with van der Waals surface area (Å²) in [5.41, 5.74) is 3.06. The molecule has 0 aliphatic heterocycles. The fourth-order valence-electron chi connectivity index (χ4n) is 2.03. The SMILES string of the molecule is Clc1ccc2ccc(/C=C/C3=C[CH]CC=C3)nc2c1. The standard InChI is InChI=1S/C17H13ClN/c18-15-9-7-14-8-11-16(19-17(14)12-15)10-6-13-4-2-1-3-5-13/h2-12H,1H2/b10-6+. The molecule has 0 amide bonds. The fourth-order valence-corrected chi connectivity index (χ4v) is 2.20. The number of allylic oxidation sites excluding steroid dienone is 5. The maximum Gasteiger partial charge on any atom is 0.0724 e. The Kier molecular flexibility index (Phi) is 3.47. The molecule has 1 radical (unpaired) electrons. The van der Waals surface area contributed by atoms with E-state index in [2.05, 4.69) is 41.8 Å². The van der Waals surface area contributed by atoms with Crippen molar-refractivity contribution >= 4 is 28.6 Å². The van der Waals surface area contributed by atoms with Gasteiger partial charge in [0, 0.05) is 10.4 Å². The van der Waals surface area contributed by atoms with Gasteiger partial charge in [-0.15, -0.1) is 0 Å². The predicted octanol–water partition coefficient (Wildman–Crippen LogP) is 4.99. The summed E-state index contributed by atoms with van der Waals surface area (Å²) >= 11 is 5.99. The topological polar surface area (TPSA) is 12.9 Å². The first-order valence-electron chi connectivity index (χ1n) is 6.26. The summed E-state index contributed by atoms with van der Waals surface area (Å²) in [5.74, 6) is 0. The van der Waals surface area contributed by atoms with Crippen LogP contribution in [0.1, 0.15) is 12.1 Å². The fraction of sp³-hybridized carbons (Fsp3) is 0.0588. The predicted molar refractivity (Wildman–Crippen MR) is 81.9 cm³/mol. The third kappa shape index (κ3) is 2.94. The molecule has 0 spiro atoms. The van der Waals surface area contributed by atoms with Crippen molar-refractivity contribution in [2.75, 3.05) is 0 Å². The van der Waals surface area contributed by atoms with Crippen molar-refractivity contribution in [2.24, 2.45) is 0 Å². The first-order chi connectivity index (χ1) is 9.31. The highest BCUT2D eigenvalue weighted by molar-refractivity contribution is 6.31. The Hall–Kier alpha value is -1.86. The van der Waals surface area contributed by atoms with Crippen molar-refractivity contribution in [3.8, 4) is 0 Å². The summed E-state index contributed by atoms with van der Waals surface area (Å²) in [5, 5.41) is 1.82. The lowest BCUT2D eigenvalue weighted by Crippen LogP contribution is -1.84. The van der Waals surface area contributed by atoms with E-state index in [-0.39, 0.29) is 0 Å². The first-order valence-corrected chi connectivity index (χ1v) is 6.63. The van der Waals surface area contributed by atoms with Gasteiger partial charge in [0.1, 0.15) is 0 Å². The van der Waals surface area contributed by atoms with Gasteiger partial charge >= 0.3 is 0 Å². The van der Waals surface area contributed by atoms with E-state index in [4.69, 9.17) is 11.6 Å². The summed E-state index contributed by atoms with van der Waals surface area (Å²) in [4.78, 5) is 4.59. The number of hydrogen-bond acceptors (Lipinski definition) is 1. The van der Waals surface area contributed by atoms with Crippen molar-refractivity contribution in [1.82, 2.24) is 4.98 Å². The van der Waals surface area contributed by atoms with Crippen LogP contribution in [0.4, 0.5) is 0 Å². The molecule has 0 saturated carbocycles. The second-order valence-electron chi connectivity index (χ2n) is 4.45. The molecule has 0 fully saturated rings. The normalized spacial score (nSPS) is 15.1. The van der Waals surface area contributed by atoms with Crippen LogP contribution in [-0.4, -0.2) is 4.98 Å². The number of benzene rings is 1. The highest BCUT2D eigenvalue weighted by atomic mass is 35.5. The molecule has 93 valence electrons. The van der Waals surface area contributed by atoms with Gasteiger partial charge in [-0.1, -0.05) is 48.0 Å². The number of hydrogen-bond donors (Lipinski definition) is 0. The van der Waals surface area contributed by atoms with Crippen LogP contribution >= 0.6 is 11.6 Å². The zero-order chi connectivity index (χ0) is 13.1. The third-order valence-electron chi connectivity index (χ3n) is 3.01. The summed E-state index contributed by atoms with van der Waals surface area (Å²) < 4.78 is 0. The average Bonchev–Trinajstić information content (AvgIpc) is 2.46.